The van der Waals surface area contributed by atoms with E-state index in [4.69, 9.17) is 0 Å². The van der Waals surface area contributed by atoms with Crippen LogP contribution in [0.4, 0.5) is 23.7 Å². The molecule has 0 spiro atoms. The van der Waals surface area contributed by atoms with E-state index in [9.17, 15) is 23.1 Å². The van der Waals surface area contributed by atoms with Gasteiger partial charge < -0.3 is 15.3 Å². The first-order valence-corrected chi connectivity index (χ1v) is 8.57. The molecule has 1 atom stereocenters. The summed E-state index contributed by atoms with van der Waals surface area (Å²) in [6.07, 6.45) is -2.30. The predicted octanol–water partition coefficient (Wildman–Crippen LogP) is 3.12. The molecule has 0 aliphatic carbocycles. The normalized spacial score (nSPS) is 21.5. The Labute approximate surface area is 137 Å². The number of amides is 2. The molecule has 23 heavy (non-hydrogen) atoms. The number of hydrogen-bond acceptors (Lipinski definition) is 3. The number of benzene rings is 1. The summed E-state index contributed by atoms with van der Waals surface area (Å²) < 4.78 is 38.2. The Bertz CT molecular complexity index is 551. The molecule has 0 bridgehead atoms. The van der Waals surface area contributed by atoms with Gasteiger partial charge in [0.2, 0.25) is 0 Å². The highest BCUT2D eigenvalue weighted by Crippen LogP contribution is 2.37. The number of carbonyl (C=O) groups is 1. The molecule has 1 heterocycles. The van der Waals surface area contributed by atoms with Crippen LogP contribution in [0.25, 0.3) is 0 Å². The molecule has 2 rings (SSSR count). The average molecular weight is 348 g/mol. The zero-order valence-electron chi connectivity index (χ0n) is 12.7. The molecule has 0 saturated carbocycles. The second-order valence-corrected chi connectivity index (χ2v) is 6.56. The molecule has 128 valence electrons. The molecule has 0 unspecified atom stereocenters. The van der Waals surface area contributed by atoms with Crippen molar-refractivity contribution < 1.29 is 23.1 Å². The summed E-state index contributed by atoms with van der Waals surface area (Å²) in [5, 5.41) is 12.1. The molecule has 1 fully saturated rings. The molecular weight excluding hydrogens is 329 g/mol. The Morgan fingerprint density at radius 3 is 2.57 bits per heavy atom. The van der Waals surface area contributed by atoms with Crippen molar-refractivity contribution in [2.24, 2.45) is 0 Å². The Hall–Kier alpha value is -1.41. The Morgan fingerprint density at radius 1 is 1.39 bits per heavy atom. The van der Waals surface area contributed by atoms with Crippen LogP contribution < -0.4 is 5.32 Å². The van der Waals surface area contributed by atoms with Crippen LogP contribution in [0, 0.1) is 0 Å². The highest BCUT2D eigenvalue weighted by atomic mass is 32.2. The second-order valence-electron chi connectivity index (χ2n) is 5.57. The van der Waals surface area contributed by atoms with Crippen molar-refractivity contribution >= 4 is 23.5 Å². The molecule has 1 aromatic rings. The van der Waals surface area contributed by atoms with Crippen LogP contribution in [0.15, 0.2) is 24.3 Å². The number of nitrogens with zero attached hydrogens (tertiary/aromatic N) is 1. The lowest BCUT2D eigenvalue weighted by molar-refractivity contribution is -0.253. The first kappa shape index (κ1) is 17.9. The molecule has 0 aromatic heterocycles. The van der Waals surface area contributed by atoms with Gasteiger partial charge in [-0.1, -0.05) is 12.1 Å². The number of hydrogen-bond donors (Lipinski definition) is 2. The Kier molecular flexibility index (Phi) is 5.46. The maximum absolute atomic E-state index is 12.7. The predicted molar refractivity (Wildman–Crippen MR) is 84.7 cm³/mol. The number of β-amino-alcohol motifs (C(OH)–C–C–N with tert-alkyl or cyclic N) is 1. The van der Waals surface area contributed by atoms with E-state index in [1.807, 2.05) is 18.4 Å². The van der Waals surface area contributed by atoms with Crippen LogP contribution in [-0.2, 0) is 6.42 Å². The summed E-state index contributed by atoms with van der Waals surface area (Å²) in [6.45, 7) is -0.873. The number of thioether (sulfide) groups is 1. The first-order valence-electron chi connectivity index (χ1n) is 7.18. The fourth-order valence-electron chi connectivity index (χ4n) is 2.38. The molecule has 2 amide bonds. The molecule has 8 heteroatoms. The lowest BCUT2D eigenvalue weighted by Gasteiger charge is -2.26. The maximum atomic E-state index is 12.7. The smallest absolute Gasteiger partial charge is 0.379 e. The van der Waals surface area contributed by atoms with Gasteiger partial charge in [-0.15, -0.1) is 0 Å². The second kappa shape index (κ2) is 7.00. The van der Waals surface area contributed by atoms with E-state index < -0.39 is 30.8 Å². The summed E-state index contributed by atoms with van der Waals surface area (Å²) in [4.78, 5) is 13.0. The molecule has 1 aliphatic rings. The number of anilines is 1. The standard InChI is InChI=1S/C15H19F3N2O2S/c1-23-9-6-11-2-4-12(5-3-11)19-13(21)20-8-7-14(22,10-20)15(16,17)18/h2-5,22H,6-10H2,1H3,(H,19,21)/t14-/m1/s1. The highest BCUT2D eigenvalue weighted by Gasteiger charge is 2.57. The third-order valence-corrected chi connectivity index (χ3v) is 4.48. The third-order valence-electron chi connectivity index (χ3n) is 3.86. The number of aryl methyl sites for hydroxylation is 1. The van der Waals surface area contributed by atoms with Crippen molar-refractivity contribution in [2.45, 2.75) is 24.6 Å². The zero-order chi connectivity index (χ0) is 17.1. The number of likely N-dealkylation sites (tertiary alicyclic amines) is 1. The van der Waals surface area contributed by atoms with Crippen molar-refractivity contribution in [3.05, 3.63) is 29.8 Å². The molecule has 1 saturated heterocycles. The lowest BCUT2D eigenvalue weighted by Crippen LogP contribution is -2.48. The summed E-state index contributed by atoms with van der Waals surface area (Å²) in [7, 11) is 0. The molecule has 4 nitrogen and oxygen atoms in total. The van der Waals surface area contributed by atoms with Crippen LogP contribution in [0.2, 0.25) is 0 Å². The SMILES string of the molecule is CSCCc1ccc(NC(=O)N2CC[C@](O)(C(F)(F)F)C2)cc1. The van der Waals surface area contributed by atoms with Gasteiger partial charge in [0, 0.05) is 18.7 Å². The van der Waals surface area contributed by atoms with Crippen molar-refractivity contribution in [3.8, 4) is 0 Å². The molecule has 2 N–H and O–H groups in total. The number of urea groups is 1. The van der Waals surface area contributed by atoms with Gasteiger partial charge in [-0.2, -0.15) is 24.9 Å². The molecule has 1 aromatic carbocycles. The number of alkyl halides is 3. The number of halogens is 3. The van der Waals surface area contributed by atoms with Crippen LogP contribution in [-0.4, -0.2) is 52.9 Å². The quantitative estimate of drug-likeness (QED) is 0.879. The largest absolute Gasteiger partial charge is 0.419 e. The van der Waals surface area contributed by atoms with Crippen molar-refractivity contribution in [1.82, 2.24) is 4.90 Å². The van der Waals surface area contributed by atoms with Crippen LogP contribution in [0.5, 0.6) is 0 Å². The van der Waals surface area contributed by atoms with E-state index in [0.29, 0.717) is 5.69 Å². The van der Waals surface area contributed by atoms with E-state index in [2.05, 4.69) is 5.32 Å². The van der Waals surface area contributed by atoms with E-state index in [0.717, 1.165) is 22.6 Å². The van der Waals surface area contributed by atoms with Gasteiger partial charge in [0.05, 0.1) is 6.54 Å². The summed E-state index contributed by atoms with van der Waals surface area (Å²) >= 11 is 1.74. The summed E-state index contributed by atoms with van der Waals surface area (Å²) in [5.41, 5.74) is -1.17. The summed E-state index contributed by atoms with van der Waals surface area (Å²) in [6, 6.07) is 6.56. The monoisotopic (exact) mass is 348 g/mol. The Morgan fingerprint density at radius 2 is 2.04 bits per heavy atom. The van der Waals surface area contributed by atoms with Crippen molar-refractivity contribution in [3.63, 3.8) is 0 Å². The molecular formula is C15H19F3N2O2S. The topological polar surface area (TPSA) is 52.6 Å². The van der Waals surface area contributed by atoms with Crippen LogP contribution in [0.3, 0.4) is 0 Å². The van der Waals surface area contributed by atoms with E-state index >= 15 is 0 Å². The minimum atomic E-state index is -4.74. The van der Waals surface area contributed by atoms with Crippen LogP contribution >= 0.6 is 11.8 Å². The number of aliphatic hydroxyl groups is 1. The zero-order valence-corrected chi connectivity index (χ0v) is 13.5. The average Bonchev–Trinajstić information content (AvgIpc) is 2.90. The fourth-order valence-corrected chi connectivity index (χ4v) is 2.82. The van der Waals surface area contributed by atoms with Crippen LogP contribution in [0.1, 0.15) is 12.0 Å². The van der Waals surface area contributed by atoms with Crippen molar-refractivity contribution in [1.29, 1.82) is 0 Å². The van der Waals surface area contributed by atoms with Crippen molar-refractivity contribution in [2.75, 3.05) is 30.4 Å². The maximum Gasteiger partial charge on any atom is 0.419 e. The van der Waals surface area contributed by atoms with E-state index in [1.165, 1.54) is 0 Å². The summed E-state index contributed by atoms with van der Waals surface area (Å²) in [5.74, 6) is 0.996. The minimum Gasteiger partial charge on any atom is -0.379 e. The van der Waals surface area contributed by atoms with Gasteiger partial charge in [-0.25, -0.2) is 4.79 Å². The number of rotatable bonds is 4. The Balaban J connectivity index is 1.93. The van der Waals surface area contributed by atoms with E-state index in [1.54, 1.807) is 23.9 Å². The highest BCUT2D eigenvalue weighted by molar-refractivity contribution is 7.98. The van der Waals surface area contributed by atoms with Gasteiger partial charge in [0.1, 0.15) is 0 Å². The first-order chi connectivity index (χ1) is 10.7. The number of carbonyl (C=O) groups excluding carboxylic acids is 1. The number of nitrogens with one attached hydrogen (secondary N) is 1. The molecule has 1 aliphatic heterocycles. The minimum absolute atomic E-state index is 0.131. The molecule has 0 radical (unpaired) electrons. The van der Waals surface area contributed by atoms with E-state index in [-0.39, 0.29) is 6.54 Å². The fraction of sp³-hybridized carbons (Fsp3) is 0.533. The van der Waals surface area contributed by atoms with Gasteiger partial charge in [-0.05, 0) is 36.1 Å². The van der Waals surface area contributed by atoms with Gasteiger partial charge in [0.25, 0.3) is 0 Å². The van der Waals surface area contributed by atoms with Gasteiger partial charge >= 0.3 is 12.2 Å². The van der Waals surface area contributed by atoms with Gasteiger partial charge in [0.15, 0.2) is 5.60 Å². The third kappa shape index (κ3) is 4.32. The lowest BCUT2D eigenvalue weighted by atomic mass is 10.0. The van der Waals surface area contributed by atoms with Gasteiger partial charge in [-0.3, -0.25) is 0 Å².